The van der Waals surface area contributed by atoms with Gasteiger partial charge < -0.3 is 25.0 Å². The highest BCUT2D eigenvalue weighted by Gasteiger charge is 2.39. The van der Waals surface area contributed by atoms with Gasteiger partial charge in [0.15, 0.2) is 5.65 Å². The maximum atomic E-state index is 13.5. The highest BCUT2D eigenvalue weighted by atomic mass is 19.1. The molecule has 3 aromatic heterocycles. The lowest BCUT2D eigenvalue weighted by molar-refractivity contribution is 0.00333. The Bertz CT molecular complexity index is 1540. The van der Waals surface area contributed by atoms with E-state index in [4.69, 9.17) is 4.74 Å². The monoisotopic (exact) mass is 569 g/mol. The maximum Gasteiger partial charge on any atom is 0.415 e. The lowest BCUT2D eigenvalue weighted by Crippen LogP contribution is -2.36. The van der Waals surface area contributed by atoms with E-state index in [0.717, 1.165) is 12.8 Å². The Labute approximate surface area is 236 Å². The zero-order chi connectivity index (χ0) is 29.7. The van der Waals surface area contributed by atoms with Crippen molar-refractivity contribution in [3.05, 3.63) is 46.5 Å². The number of anilines is 3. The standard InChI is InChI=1S/C28H36FN7O5/c1-27(2,3)41-26(39)34(5)22-13-21(33-23-17(15-30-36(22)23)24(37)32-20-12-18(20)29)31-19-9-7-11-35(25(19)38)16-8-6-10-28(4,40)14-16/h7,9,11,13,15-16,18,20,40H,6,8,10,12,14H2,1-5H3,(H,31,33)(H,32,37)/t16?,18-,20+,28+/m0/s1. The molecule has 3 N–H and O–H groups in total. The number of pyridine rings is 1. The molecule has 41 heavy (non-hydrogen) atoms. The Kier molecular flexibility index (Phi) is 7.26. The Balaban J connectivity index is 1.53. The summed E-state index contributed by atoms with van der Waals surface area (Å²) < 4.78 is 21.9. The van der Waals surface area contributed by atoms with Crippen molar-refractivity contribution in [1.82, 2.24) is 24.5 Å². The van der Waals surface area contributed by atoms with Crippen LogP contribution in [0.5, 0.6) is 0 Å². The number of fused-ring (bicyclic) bond motifs is 1. The van der Waals surface area contributed by atoms with Crippen molar-refractivity contribution in [1.29, 1.82) is 0 Å². The predicted molar refractivity (Wildman–Crippen MR) is 151 cm³/mol. The molecule has 1 unspecified atom stereocenters. The molecule has 0 radical (unpaired) electrons. The molecule has 4 atom stereocenters. The normalized spacial score (nSPS) is 24.1. The second kappa shape index (κ2) is 10.4. The smallest absolute Gasteiger partial charge is 0.415 e. The van der Waals surface area contributed by atoms with E-state index in [1.54, 1.807) is 50.6 Å². The number of hydrogen-bond donors (Lipinski definition) is 3. The van der Waals surface area contributed by atoms with Gasteiger partial charge in [-0.05, 0) is 65.5 Å². The number of carbonyl (C=O) groups is 2. The molecule has 0 saturated heterocycles. The van der Waals surface area contributed by atoms with Crippen molar-refractivity contribution in [3.8, 4) is 0 Å². The van der Waals surface area contributed by atoms with E-state index in [2.05, 4.69) is 20.7 Å². The number of amides is 2. The largest absolute Gasteiger partial charge is 0.443 e. The summed E-state index contributed by atoms with van der Waals surface area (Å²) >= 11 is 0. The van der Waals surface area contributed by atoms with Gasteiger partial charge in [-0.1, -0.05) is 0 Å². The van der Waals surface area contributed by atoms with Gasteiger partial charge in [-0.3, -0.25) is 14.5 Å². The zero-order valence-electron chi connectivity index (χ0n) is 23.8. The molecule has 0 spiro atoms. The topological polar surface area (TPSA) is 143 Å². The van der Waals surface area contributed by atoms with Crippen LogP contribution in [-0.2, 0) is 4.74 Å². The number of alkyl halides is 1. The summed E-state index contributed by atoms with van der Waals surface area (Å²) in [6.07, 6.45) is 4.20. The van der Waals surface area contributed by atoms with Crippen LogP contribution in [0.4, 0.5) is 26.5 Å². The fraction of sp³-hybridized carbons (Fsp3) is 0.536. The summed E-state index contributed by atoms with van der Waals surface area (Å²) in [7, 11) is 1.50. The number of nitrogens with zero attached hydrogens (tertiary/aromatic N) is 5. The minimum Gasteiger partial charge on any atom is -0.443 e. The van der Waals surface area contributed by atoms with E-state index in [1.807, 2.05) is 0 Å². The molecule has 2 aliphatic rings. The third-order valence-electron chi connectivity index (χ3n) is 7.30. The van der Waals surface area contributed by atoms with Crippen molar-refractivity contribution in [2.24, 2.45) is 0 Å². The van der Waals surface area contributed by atoms with Crippen LogP contribution < -0.4 is 21.1 Å². The van der Waals surface area contributed by atoms with Gasteiger partial charge in [0.2, 0.25) is 0 Å². The SMILES string of the molecule is CN(C(=O)OC(C)(C)C)c1cc(Nc2cccn(C3CCC[C@@](C)(O)C3)c2=O)nc2c(C(=O)N[C@@H]3C[C@@H]3F)cnn12. The van der Waals surface area contributed by atoms with Crippen LogP contribution in [0.15, 0.2) is 35.4 Å². The average molecular weight is 570 g/mol. The van der Waals surface area contributed by atoms with Gasteiger partial charge in [0.1, 0.15) is 34.7 Å². The highest BCUT2D eigenvalue weighted by molar-refractivity contribution is 6.01. The van der Waals surface area contributed by atoms with Gasteiger partial charge in [-0.2, -0.15) is 9.61 Å². The summed E-state index contributed by atoms with van der Waals surface area (Å²) in [5.74, 6) is -0.148. The van der Waals surface area contributed by atoms with E-state index < -0.39 is 35.4 Å². The fourth-order valence-electron chi connectivity index (χ4n) is 5.09. The number of aromatic nitrogens is 4. The number of halogens is 1. The molecule has 3 heterocycles. The summed E-state index contributed by atoms with van der Waals surface area (Å²) in [5, 5.41) is 20.5. The van der Waals surface area contributed by atoms with Crippen molar-refractivity contribution in [3.63, 3.8) is 0 Å². The molecule has 2 saturated carbocycles. The first kappa shape index (κ1) is 28.5. The second-order valence-electron chi connectivity index (χ2n) is 12.2. The third-order valence-corrected chi connectivity index (χ3v) is 7.30. The molecule has 0 bridgehead atoms. The molecule has 12 nitrogen and oxygen atoms in total. The van der Waals surface area contributed by atoms with Crippen LogP contribution in [-0.4, -0.2) is 66.7 Å². The van der Waals surface area contributed by atoms with Crippen LogP contribution >= 0.6 is 0 Å². The molecule has 2 aliphatic carbocycles. The highest BCUT2D eigenvalue weighted by Crippen LogP contribution is 2.35. The predicted octanol–water partition coefficient (Wildman–Crippen LogP) is 3.71. The molecule has 13 heteroatoms. The quantitative estimate of drug-likeness (QED) is 0.408. The summed E-state index contributed by atoms with van der Waals surface area (Å²) in [4.78, 5) is 45.2. The molecule has 5 rings (SSSR count). The minimum atomic E-state index is -1.09. The van der Waals surface area contributed by atoms with Crippen molar-refractivity contribution >= 4 is 35.0 Å². The summed E-state index contributed by atoms with van der Waals surface area (Å²) in [6.45, 7) is 7.01. The maximum absolute atomic E-state index is 13.5. The van der Waals surface area contributed by atoms with E-state index in [9.17, 15) is 23.9 Å². The first-order chi connectivity index (χ1) is 19.2. The minimum absolute atomic E-state index is 0.0847. The van der Waals surface area contributed by atoms with Gasteiger partial charge in [0.25, 0.3) is 11.5 Å². The number of ether oxygens (including phenoxy) is 1. The Morgan fingerprint density at radius 2 is 2.05 bits per heavy atom. The molecular weight excluding hydrogens is 533 g/mol. The van der Waals surface area contributed by atoms with Crippen molar-refractivity contribution in [2.45, 2.75) is 89.3 Å². The van der Waals surface area contributed by atoms with Gasteiger partial charge >= 0.3 is 6.09 Å². The third kappa shape index (κ3) is 6.19. The lowest BCUT2D eigenvalue weighted by Gasteiger charge is -2.34. The number of nitrogens with one attached hydrogen (secondary N) is 2. The summed E-state index contributed by atoms with van der Waals surface area (Å²) in [6, 6.07) is 4.14. The van der Waals surface area contributed by atoms with Crippen molar-refractivity contribution in [2.75, 3.05) is 17.3 Å². The number of rotatable bonds is 6. The van der Waals surface area contributed by atoms with E-state index in [0.29, 0.717) is 12.8 Å². The molecule has 220 valence electrons. The molecule has 3 aromatic rings. The lowest BCUT2D eigenvalue weighted by atomic mass is 9.83. The van der Waals surface area contributed by atoms with Crippen LogP contribution in [0.25, 0.3) is 5.65 Å². The van der Waals surface area contributed by atoms with E-state index in [1.165, 1.54) is 28.7 Å². The van der Waals surface area contributed by atoms with Gasteiger partial charge in [-0.25, -0.2) is 14.2 Å². The molecule has 2 fully saturated rings. The second-order valence-corrected chi connectivity index (χ2v) is 12.2. The van der Waals surface area contributed by atoms with Crippen LogP contribution in [0.3, 0.4) is 0 Å². The average Bonchev–Trinajstić information content (AvgIpc) is 3.39. The molecule has 0 aliphatic heterocycles. The Hall–Kier alpha value is -4.00. The fourth-order valence-corrected chi connectivity index (χ4v) is 5.09. The number of hydrogen-bond acceptors (Lipinski definition) is 8. The first-order valence-electron chi connectivity index (χ1n) is 13.7. The van der Waals surface area contributed by atoms with Gasteiger partial charge in [-0.15, -0.1) is 0 Å². The van der Waals surface area contributed by atoms with Crippen LogP contribution in [0, 0.1) is 0 Å². The number of aliphatic hydroxyl groups is 1. The van der Waals surface area contributed by atoms with Crippen LogP contribution in [0.1, 0.15) is 76.2 Å². The first-order valence-corrected chi connectivity index (χ1v) is 13.7. The van der Waals surface area contributed by atoms with Gasteiger partial charge in [0.05, 0.1) is 17.8 Å². The number of carbonyl (C=O) groups excluding carboxylic acids is 2. The molecule has 2 amide bonds. The van der Waals surface area contributed by atoms with Gasteiger partial charge in [0, 0.05) is 31.8 Å². The zero-order valence-corrected chi connectivity index (χ0v) is 23.8. The van der Waals surface area contributed by atoms with E-state index in [-0.39, 0.29) is 46.6 Å². The van der Waals surface area contributed by atoms with Crippen molar-refractivity contribution < 1.29 is 23.8 Å². The van der Waals surface area contributed by atoms with Crippen LogP contribution in [0.2, 0.25) is 0 Å². The molecular formula is C28H36FN7O5. The summed E-state index contributed by atoms with van der Waals surface area (Å²) in [5.41, 5.74) is -1.49. The molecule has 0 aromatic carbocycles. The van der Waals surface area contributed by atoms with E-state index >= 15 is 0 Å². The Morgan fingerprint density at radius 3 is 2.71 bits per heavy atom. The Morgan fingerprint density at radius 1 is 1.32 bits per heavy atom.